The molecule has 0 saturated heterocycles. The van der Waals surface area contributed by atoms with Crippen LogP contribution in [0.1, 0.15) is 10.4 Å². The first kappa shape index (κ1) is 13.1. The molecule has 0 fully saturated rings. The lowest BCUT2D eigenvalue weighted by molar-refractivity contribution is 0.0694. The van der Waals surface area contributed by atoms with E-state index in [2.05, 4.69) is 20.9 Å². The van der Waals surface area contributed by atoms with Gasteiger partial charge >= 0.3 is 5.97 Å². The van der Waals surface area contributed by atoms with Gasteiger partial charge in [-0.1, -0.05) is 41.7 Å². The van der Waals surface area contributed by atoms with Crippen LogP contribution in [-0.4, -0.2) is 16.1 Å². The van der Waals surface area contributed by atoms with Crippen LogP contribution in [0.2, 0.25) is 0 Å². The van der Waals surface area contributed by atoms with Crippen molar-refractivity contribution in [2.24, 2.45) is 0 Å². The molecule has 20 heavy (non-hydrogen) atoms. The number of hydrogen-bond acceptors (Lipinski definition) is 4. The highest BCUT2D eigenvalue weighted by atomic mass is 79.9. The summed E-state index contributed by atoms with van der Waals surface area (Å²) in [6.45, 7) is 0. The number of aromatic carboxylic acids is 1. The first-order chi connectivity index (χ1) is 9.65. The number of carboxylic acids is 1. The third-order valence-corrected chi connectivity index (χ3v) is 4.18. The van der Waals surface area contributed by atoms with Crippen molar-refractivity contribution in [3.05, 3.63) is 51.9 Å². The van der Waals surface area contributed by atoms with Crippen molar-refractivity contribution in [3.8, 4) is 10.9 Å². The smallest absolute Gasteiger partial charge is 0.339 e. The number of rotatable bonds is 3. The van der Waals surface area contributed by atoms with Crippen molar-refractivity contribution in [2.75, 3.05) is 0 Å². The zero-order chi connectivity index (χ0) is 14.1. The van der Waals surface area contributed by atoms with Crippen LogP contribution in [0.5, 0.6) is 10.9 Å². The van der Waals surface area contributed by atoms with Gasteiger partial charge in [-0.15, -0.1) is 0 Å². The third kappa shape index (κ3) is 2.39. The topological polar surface area (TPSA) is 59.4 Å². The molecule has 0 amide bonds. The summed E-state index contributed by atoms with van der Waals surface area (Å²) < 4.78 is 6.36. The Kier molecular flexibility index (Phi) is 3.42. The Bertz CT molecular complexity index is 800. The molecule has 0 unspecified atom stereocenters. The maximum absolute atomic E-state index is 11.4. The molecule has 0 atom stereocenters. The van der Waals surface area contributed by atoms with Gasteiger partial charge in [-0.2, -0.15) is 4.98 Å². The first-order valence-electron chi connectivity index (χ1n) is 5.69. The van der Waals surface area contributed by atoms with Crippen LogP contribution in [0.15, 0.2) is 46.4 Å². The van der Waals surface area contributed by atoms with E-state index in [0.717, 1.165) is 10.8 Å². The predicted molar refractivity (Wildman–Crippen MR) is 80.8 cm³/mol. The van der Waals surface area contributed by atoms with Crippen molar-refractivity contribution in [2.45, 2.75) is 0 Å². The van der Waals surface area contributed by atoms with Crippen LogP contribution in [0.25, 0.3) is 10.8 Å². The molecular formula is C14H8BrNO3S. The molecule has 0 bridgehead atoms. The molecule has 0 aliphatic heterocycles. The second-order valence-corrected chi connectivity index (χ2v) is 5.64. The van der Waals surface area contributed by atoms with Crippen LogP contribution < -0.4 is 4.74 Å². The van der Waals surface area contributed by atoms with Crippen molar-refractivity contribution >= 4 is 44.0 Å². The quantitative estimate of drug-likeness (QED) is 0.753. The summed E-state index contributed by atoms with van der Waals surface area (Å²) in [5, 5.41) is 13.1. The van der Waals surface area contributed by atoms with Gasteiger partial charge in [-0.3, -0.25) is 0 Å². The fourth-order valence-corrected chi connectivity index (χ4v) is 2.99. The molecule has 1 heterocycles. The molecule has 6 heteroatoms. The van der Waals surface area contributed by atoms with Gasteiger partial charge in [0.15, 0.2) is 5.75 Å². The van der Waals surface area contributed by atoms with Crippen molar-refractivity contribution in [1.29, 1.82) is 0 Å². The molecule has 0 aliphatic rings. The lowest BCUT2D eigenvalue weighted by Gasteiger charge is -2.09. The fraction of sp³-hybridized carbons (Fsp3) is 0. The Morgan fingerprint density at radius 3 is 2.75 bits per heavy atom. The zero-order valence-electron chi connectivity index (χ0n) is 10.0. The Balaban J connectivity index is 2.19. The van der Waals surface area contributed by atoms with Crippen LogP contribution >= 0.6 is 27.3 Å². The van der Waals surface area contributed by atoms with Crippen LogP contribution in [-0.2, 0) is 0 Å². The second kappa shape index (κ2) is 5.22. The number of nitrogens with zero attached hydrogens (tertiary/aromatic N) is 1. The lowest BCUT2D eigenvalue weighted by atomic mass is 10.1. The third-order valence-electron chi connectivity index (χ3n) is 2.75. The Morgan fingerprint density at radius 1 is 1.25 bits per heavy atom. The molecule has 100 valence electrons. The van der Waals surface area contributed by atoms with Crippen LogP contribution in [0, 0.1) is 0 Å². The van der Waals surface area contributed by atoms with Gasteiger partial charge < -0.3 is 9.84 Å². The van der Waals surface area contributed by atoms with E-state index < -0.39 is 5.97 Å². The SMILES string of the molecule is O=C(O)c1ccc2ccccc2c1Oc1nc(Br)cs1. The van der Waals surface area contributed by atoms with E-state index in [9.17, 15) is 9.90 Å². The molecule has 0 saturated carbocycles. The molecule has 1 N–H and O–H groups in total. The second-order valence-electron chi connectivity index (χ2n) is 4.01. The molecule has 4 nitrogen and oxygen atoms in total. The van der Waals surface area contributed by atoms with E-state index in [1.165, 1.54) is 11.3 Å². The summed E-state index contributed by atoms with van der Waals surface area (Å²) in [4.78, 5) is 15.5. The predicted octanol–water partition coefficient (Wildman–Crippen LogP) is 4.55. The lowest BCUT2D eigenvalue weighted by Crippen LogP contribution is -2.00. The summed E-state index contributed by atoms with van der Waals surface area (Å²) in [7, 11) is 0. The van der Waals surface area contributed by atoms with Crippen molar-refractivity contribution < 1.29 is 14.6 Å². The molecule has 3 aromatic rings. The van der Waals surface area contributed by atoms with E-state index in [4.69, 9.17) is 4.74 Å². The molecule has 0 radical (unpaired) electrons. The summed E-state index contributed by atoms with van der Waals surface area (Å²) in [6.07, 6.45) is 0. The maximum atomic E-state index is 11.4. The molecule has 2 aromatic carbocycles. The van der Waals surface area contributed by atoms with Crippen LogP contribution in [0.3, 0.4) is 0 Å². The summed E-state index contributed by atoms with van der Waals surface area (Å²) in [5.41, 5.74) is 0.120. The minimum atomic E-state index is -1.03. The van der Waals surface area contributed by atoms with E-state index in [0.29, 0.717) is 15.5 Å². The summed E-state index contributed by atoms with van der Waals surface area (Å²) in [6, 6.07) is 10.8. The highest BCUT2D eigenvalue weighted by Crippen LogP contribution is 2.35. The van der Waals surface area contributed by atoms with Gasteiger partial charge in [0, 0.05) is 10.8 Å². The number of aromatic nitrogens is 1. The monoisotopic (exact) mass is 349 g/mol. The number of carboxylic acid groups (broad SMARTS) is 1. The number of ether oxygens (including phenoxy) is 1. The first-order valence-corrected chi connectivity index (χ1v) is 7.36. The van der Waals surface area contributed by atoms with Crippen LogP contribution in [0.4, 0.5) is 0 Å². The van der Waals surface area contributed by atoms with Crippen molar-refractivity contribution in [3.63, 3.8) is 0 Å². The molecule has 0 aliphatic carbocycles. The Hall–Kier alpha value is -1.92. The van der Waals surface area contributed by atoms with E-state index in [-0.39, 0.29) is 5.56 Å². The van der Waals surface area contributed by atoms with Gasteiger partial charge in [0.05, 0.1) is 0 Å². The van der Waals surface area contributed by atoms with E-state index in [1.807, 2.05) is 24.3 Å². The van der Waals surface area contributed by atoms with E-state index in [1.54, 1.807) is 17.5 Å². The summed E-state index contributed by atoms with van der Waals surface area (Å²) >= 11 is 4.55. The number of halogens is 1. The van der Waals surface area contributed by atoms with Gasteiger partial charge in [0.2, 0.25) is 0 Å². The number of benzene rings is 2. The number of hydrogen-bond donors (Lipinski definition) is 1. The van der Waals surface area contributed by atoms with Gasteiger partial charge in [-0.05, 0) is 27.4 Å². The average Bonchev–Trinajstić information content (AvgIpc) is 2.84. The highest BCUT2D eigenvalue weighted by molar-refractivity contribution is 9.10. The summed E-state index contributed by atoms with van der Waals surface area (Å²) in [5.74, 6) is -0.709. The molecule has 3 rings (SSSR count). The van der Waals surface area contributed by atoms with Gasteiger partial charge in [0.1, 0.15) is 10.2 Å². The Labute approximate surface area is 126 Å². The van der Waals surface area contributed by atoms with Gasteiger partial charge in [-0.25, -0.2) is 4.79 Å². The number of fused-ring (bicyclic) bond motifs is 1. The average molecular weight is 350 g/mol. The minimum absolute atomic E-state index is 0.120. The normalized spacial score (nSPS) is 10.7. The largest absolute Gasteiger partial charge is 0.478 e. The Morgan fingerprint density at radius 2 is 2.05 bits per heavy atom. The van der Waals surface area contributed by atoms with E-state index >= 15 is 0 Å². The zero-order valence-corrected chi connectivity index (χ0v) is 12.4. The number of thiazole rings is 1. The minimum Gasteiger partial charge on any atom is -0.478 e. The fourth-order valence-electron chi connectivity index (χ4n) is 1.89. The molecule has 0 spiro atoms. The maximum Gasteiger partial charge on any atom is 0.339 e. The number of carbonyl (C=O) groups is 1. The highest BCUT2D eigenvalue weighted by Gasteiger charge is 2.16. The molecule has 1 aromatic heterocycles. The molecular weight excluding hydrogens is 342 g/mol. The standard InChI is InChI=1S/C14H8BrNO3S/c15-11-7-20-14(16-11)19-12-9-4-2-1-3-8(9)5-6-10(12)13(17)18/h1-7H,(H,17,18). The van der Waals surface area contributed by atoms with Crippen molar-refractivity contribution in [1.82, 2.24) is 4.98 Å². The van der Waals surface area contributed by atoms with Gasteiger partial charge in [0.25, 0.3) is 5.19 Å².